The van der Waals surface area contributed by atoms with Crippen LogP contribution in [0.5, 0.6) is 0 Å². The summed E-state index contributed by atoms with van der Waals surface area (Å²) in [5.41, 5.74) is 1.76. The molecule has 0 saturated carbocycles. The van der Waals surface area contributed by atoms with Gasteiger partial charge in [0.15, 0.2) is 0 Å². The zero-order valence-corrected chi connectivity index (χ0v) is 14.7. The minimum atomic E-state index is 0.347. The van der Waals surface area contributed by atoms with E-state index in [1.165, 1.54) is 12.0 Å². The Morgan fingerprint density at radius 2 is 1.81 bits per heavy atom. The molecule has 1 atom stereocenters. The molecule has 0 aliphatic rings. The second kappa shape index (κ2) is 9.22. The molecule has 0 aromatic heterocycles. The molecule has 0 spiro atoms. The summed E-state index contributed by atoms with van der Waals surface area (Å²) >= 11 is 0. The summed E-state index contributed by atoms with van der Waals surface area (Å²) in [6.07, 6.45) is 1.21. The maximum atomic E-state index is 3.64. The van der Waals surface area contributed by atoms with Crippen molar-refractivity contribution in [3.8, 4) is 0 Å². The molecule has 2 nitrogen and oxygen atoms in total. The molecule has 1 N–H and O–H groups in total. The molecule has 0 amide bonds. The third-order valence-corrected chi connectivity index (χ3v) is 4.26. The molecule has 0 aliphatic heterocycles. The highest BCUT2D eigenvalue weighted by Crippen LogP contribution is 2.22. The van der Waals surface area contributed by atoms with Crippen molar-refractivity contribution in [1.29, 1.82) is 0 Å². The summed E-state index contributed by atoms with van der Waals surface area (Å²) in [6.45, 7) is 17.1. The molecule has 1 aromatic rings. The Morgan fingerprint density at radius 3 is 2.33 bits per heavy atom. The van der Waals surface area contributed by atoms with Gasteiger partial charge in [-0.25, -0.2) is 0 Å². The SMILES string of the molecule is CCN(Cc1ccccc1)CC(C)(CC)CNCC(C)C. The van der Waals surface area contributed by atoms with Gasteiger partial charge in [0.05, 0.1) is 0 Å². The molecule has 21 heavy (non-hydrogen) atoms. The number of nitrogens with zero attached hydrogens (tertiary/aromatic N) is 1. The Morgan fingerprint density at radius 1 is 1.14 bits per heavy atom. The van der Waals surface area contributed by atoms with E-state index in [0.717, 1.165) is 38.6 Å². The lowest BCUT2D eigenvalue weighted by molar-refractivity contribution is 0.153. The quantitative estimate of drug-likeness (QED) is 0.696. The molecular weight excluding hydrogens is 256 g/mol. The predicted molar refractivity (Wildman–Crippen MR) is 93.5 cm³/mol. The van der Waals surface area contributed by atoms with Gasteiger partial charge in [-0.15, -0.1) is 0 Å². The molecule has 0 fully saturated rings. The third kappa shape index (κ3) is 7.10. The van der Waals surface area contributed by atoms with Gasteiger partial charge in [0, 0.05) is 19.6 Å². The number of benzene rings is 1. The number of hydrogen-bond acceptors (Lipinski definition) is 2. The summed E-state index contributed by atoms with van der Waals surface area (Å²) in [6, 6.07) is 10.8. The predicted octanol–water partition coefficient (Wildman–Crippen LogP) is 4.17. The fourth-order valence-corrected chi connectivity index (χ4v) is 2.62. The van der Waals surface area contributed by atoms with Gasteiger partial charge in [-0.05, 0) is 36.4 Å². The van der Waals surface area contributed by atoms with Gasteiger partial charge in [0.2, 0.25) is 0 Å². The molecular formula is C19H34N2. The second-order valence-corrected chi connectivity index (χ2v) is 6.98. The zero-order valence-electron chi connectivity index (χ0n) is 14.7. The first kappa shape index (κ1) is 18.2. The fourth-order valence-electron chi connectivity index (χ4n) is 2.62. The summed E-state index contributed by atoms with van der Waals surface area (Å²) in [5, 5.41) is 3.64. The monoisotopic (exact) mass is 290 g/mol. The molecule has 0 bridgehead atoms. The van der Waals surface area contributed by atoms with E-state index in [-0.39, 0.29) is 0 Å². The van der Waals surface area contributed by atoms with E-state index in [2.05, 4.69) is 75.2 Å². The Balaban J connectivity index is 2.55. The lowest BCUT2D eigenvalue weighted by Gasteiger charge is -2.35. The topological polar surface area (TPSA) is 15.3 Å². The Labute approximate surface area is 131 Å². The normalized spacial score (nSPS) is 14.6. The molecule has 2 heteroatoms. The lowest BCUT2D eigenvalue weighted by atomic mass is 9.86. The molecule has 1 rings (SSSR count). The van der Waals surface area contributed by atoms with E-state index in [9.17, 15) is 0 Å². The first-order valence-electron chi connectivity index (χ1n) is 8.46. The fraction of sp³-hybridized carbons (Fsp3) is 0.684. The molecule has 0 aliphatic carbocycles. The molecule has 0 heterocycles. The van der Waals surface area contributed by atoms with Gasteiger partial charge < -0.3 is 5.32 Å². The first-order valence-corrected chi connectivity index (χ1v) is 8.46. The van der Waals surface area contributed by atoms with Gasteiger partial charge >= 0.3 is 0 Å². The molecule has 120 valence electrons. The van der Waals surface area contributed by atoms with Crippen molar-refractivity contribution in [2.45, 2.75) is 47.6 Å². The van der Waals surface area contributed by atoms with Gasteiger partial charge in [0.1, 0.15) is 0 Å². The van der Waals surface area contributed by atoms with Crippen LogP contribution in [0.3, 0.4) is 0 Å². The highest BCUT2D eigenvalue weighted by molar-refractivity contribution is 5.14. The standard InChI is InChI=1S/C19H34N2/c1-6-19(5,15-20-13-17(3)4)16-21(7-2)14-18-11-9-8-10-12-18/h8-12,17,20H,6-7,13-16H2,1-5H3. The van der Waals surface area contributed by atoms with Crippen LogP contribution in [0, 0.1) is 11.3 Å². The maximum absolute atomic E-state index is 3.64. The average Bonchev–Trinajstić information content (AvgIpc) is 2.47. The van der Waals surface area contributed by atoms with E-state index in [4.69, 9.17) is 0 Å². The van der Waals surface area contributed by atoms with Crippen LogP contribution in [-0.4, -0.2) is 31.1 Å². The van der Waals surface area contributed by atoms with Gasteiger partial charge in [0.25, 0.3) is 0 Å². The minimum Gasteiger partial charge on any atom is -0.316 e. The maximum Gasteiger partial charge on any atom is 0.0233 e. The average molecular weight is 290 g/mol. The van der Waals surface area contributed by atoms with E-state index in [0.29, 0.717) is 5.41 Å². The molecule has 1 aromatic carbocycles. The highest BCUT2D eigenvalue weighted by atomic mass is 15.1. The van der Waals surface area contributed by atoms with Crippen LogP contribution in [-0.2, 0) is 6.54 Å². The second-order valence-electron chi connectivity index (χ2n) is 6.98. The van der Waals surface area contributed by atoms with Crippen LogP contribution in [0.25, 0.3) is 0 Å². The van der Waals surface area contributed by atoms with Crippen molar-refractivity contribution < 1.29 is 0 Å². The summed E-state index contributed by atoms with van der Waals surface area (Å²) in [5.74, 6) is 0.720. The van der Waals surface area contributed by atoms with Crippen molar-refractivity contribution >= 4 is 0 Å². The minimum absolute atomic E-state index is 0.347. The van der Waals surface area contributed by atoms with Crippen molar-refractivity contribution in [2.75, 3.05) is 26.2 Å². The Bertz CT molecular complexity index is 374. The number of nitrogens with one attached hydrogen (secondary N) is 1. The van der Waals surface area contributed by atoms with E-state index >= 15 is 0 Å². The van der Waals surface area contributed by atoms with Gasteiger partial charge in [-0.1, -0.05) is 65.0 Å². The Kier molecular flexibility index (Phi) is 7.98. The van der Waals surface area contributed by atoms with Crippen molar-refractivity contribution in [3.05, 3.63) is 35.9 Å². The van der Waals surface area contributed by atoms with Crippen LogP contribution in [0.1, 0.15) is 46.6 Å². The highest BCUT2D eigenvalue weighted by Gasteiger charge is 2.24. The van der Waals surface area contributed by atoms with Crippen LogP contribution < -0.4 is 5.32 Å². The largest absolute Gasteiger partial charge is 0.316 e. The smallest absolute Gasteiger partial charge is 0.0233 e. The molecule has 1 unspecified atom stereocenters. The van der Waals surface area contributed by atoms with E-state index in [1.54, 1.807) is 0 Å². The van der Waals surface area contributed by atoms with Crippen molar-refractivity contribution in [2.24, 2.45) is 11.3 Å². The summed E-state index contributed by atoms with van der Waals surface area (Å²) in [4.78, 5) is 2.57. The molecule has 0 radical (unpaired) electrons. The lowest BCUT2D eigenvalue weighted by Crippen LogP contribution is -2.42. The molecule has 0 saturated heterocycles. The first-order chi connectivity index (χ1) is 9.99. The summed E-state index contributed by atoms with van der Waals surface area (Å²) < 4.78 is 0. The van der Waals surface area contributed by atoms with Crippen molar-refractivity contribution in [1.82, 2.24) is 10.2 Å². The van der Waals surface area contributed by atoms with Gasteiger partial charge in [-0.2, -0.15) is 0 Å². The van der Waals surface area contributed by atoms with E-state index in [1.807, 2.05) is 0 Å². The van der Waals surface area contributed by atoms with Crippen LogP contribution in [0.2, 0.25) is 0 Å². The van der Waals surface area contributed by atoms with Crippen LogP contribution in [0.4, 0.5) is 0 Å². The van der Waals surface area contributed by atoms with E-state index < -0.39 is 0 Å². The van der Waals surface area contributed by atoms with Crippen molar-refractivity contribution in [3.63, 3.8) is 0 Å². The third-order valence-electron chi connectivity index (χ3n) is 4.26. The number of rotatable bonds is 10. The summed E-state index contributed by atoms with van der Waals surface area (Å²) in [7, 11) is 0. The zero-order chi connectivity index (χ0) is 15.7. The Hall–Kier alpha value is -0.860. The van der Waals surface area contributed by atoms with Crippen LogP contribution in [0.15, 0.2) is 30.3 Å². The van der Waals surface area contributed by atoms with Gasteiger partial charge in [-0.3, -0.25) is 4.90 Å². The number of hydrogen-bond donors (Lipinski definition) is 1. The van der Waals surface area contributed by atoms with Crippen LogP contribution >= 0.6 is 0 Å².